The topological polar surface area (TPSA) is 38.1 Å². The van der Waals surface area contributed by atoms with E-state index in [1.54, 1.807) is 18.3 Å². The largest absolute Gasteiger partial charge is 0.439 e. The molecule has 0 aliphatic rings. The van der Waals surface area contributed by atoms with Gasteiger partial charge in [0, 0.05) is 11.6 Å². The lowest BCUT2D eigenvalue weighted by molar-refractivity contribution is 0.458. The smallest absolute Gasteiger partial charge is 0.208 e. The van der Waals surface area contributed by atoms with Crippen molar-refractivity contribution in [1.29, 1.82) is 0 Å². The first-order chi connectivity index (χ1) is 8.15. The minimum absolute atomic E-state index is 0.277. The maximum Gasteiger partial charge on any atom is 0.208 e. The van der Waals surface area contributed by atoms with Crippen LogP contribution < -0.4 is 5.32 Å². The van der Waals surface area contributed by atoms with Crippen LogP contribution in [0.15, 0.2) is 34.9 Å². The van der Waals surface area contributed by atoms with E-state index in [4.69, 9.17) is 4.42 Å². The van der Waals surface area contributed by atoms with Gasteiger partial charge in [0.2, 0.25) is 5.89 Å². The van der Waals surface area contributed by atoms with E-state index in [2.05, 4.69) is 24.1 Å². The van der Waals surface area contributed by atoms with Crippen LogP contribution >= 0.6 is 0 Å². The van der Waals surface area contributed by atoms with Gasteiger partial charge in [-0.05, 0) is 12.1 Å². The van der Waals surface area contributed by atoms with Crippen molar-refractivity contribution in [2.45, 2.75) is 26.4 Å². The lowest BCUT2D eigenvalue weighted by Crippen LogP contribution is -2.21. The number of benzene rings is 1. The summed E-state index contributed by atoms with van der Waals surface area (Å²) < 4.78 is 18.6. The van der Waals surface area contributed by atoms with Gasteiger partial charge >= 0.3 is 0 Å². The van der Waals surface area contributed by atoms with E-state index in [1.165, 1.54) is 12.1 Å². The highest BCUT2D eigenvalue weighted by Crippen LogP contribution is 2.20. The molecule has 2 rings (SSSR count). The van der Waals surface area contributed by atoms with E-state index >= 15 is 0 Å². The molecule has 1 aromatic carbocycles. The second-order valence-corrected chi connectivity index (χ2v) is 4.16. The van der Waals surface area contributed by atoms with E-state index in [1.807, 2.05) is 0 Å². The number of rotatable bonds is 4. The van der Waals surface area contributed by atoms with Crippen molar-refractivity contribution in [1.82, 2.24) is 10.3 Å². The van der Waals surface area contributed by atoms with Crippen molar-refractivity contribution < 1.29 is 8.81 Å². The first kappa shape index (κ1) is 11.8. The second-order valence-electron chi connectivity index (χ2n) is 4.16. The Kier molecular flexibility index (Phi) is 3.54. The molecule has 0 atom stereocenters. The highest BCUT2D eigenvalue weighted by Gasteiger charge is 2.07. The normalized spacial score (nSPS) is 11.1. The summed E-state index contributed by atoms with van der Waals surface area (Å²) in [6, 6.07) is 6.66. The first-order valence-electron chi connectivity index (χ1n) is 5.59. The van der Waals surface area contributed by atoms with Crippen molar-refractivity contribution in [3.63, 3.8) is 0 Å². The predicted molar refractivity (Wildman–Crippen MR) is 63.9 cm³/mol. The van der Waals surface area contributed by atoms with Gasteiger partial charge in [0.15, 0.2) is 5.76 Å². The molecule has 0 spiro atoms. The molecule has 90 valence electrons. The molecule has 0 radical (unpaired) electrons. The van der Waals surface area contributed by atoms with Crippen molar-refractivity contribution in [2.75, 3.05) is 0 Å². The maximum atomic E-state index is 13.0. The highest BCUT2D eigenvalue weighted by atomic mass is 19.1. The molecule has 0 fully saturated rings. The molecule has 3 nitrogen and oxygen atoms in total. The minimum Gasteiger partial charge on any atom is -0.439 e. The van der Waals surface area contributed by atoms with Gasteiger partial charge in [-0.3, -0.25) is 0 Å². The SMILES string of the molecule is CC(C)NCc1ncc(-c2cccc(F)c2)o1. The number of hydrogen-bond acceptors (Lipinski definition) is 3. The van der Waals surface area contributed by atoms with Crippen LogP contribution in [0.2, 0.25) is 0 Å². The Balaban J connectivity index is 2.12. The highest BCUT2D eigenvalue weighted by molar-refractivity contribution is 5.56. The molecular formula is C13H15FN2O. The minimum atomic E-state index is -0.277. The summed E-state index contributed by atoms with van der Waals surface area (Å²) in [5.41, 5.74) is 0.702. The average Bonchev–Trinajstić information content (AvgIpc) is 2.75. The summed E-state index contributed by atoms with van der Waals surface area (Å²) in [7, 11) is 0. The van der Waals surface area contributed by atoms with Gasteiger partial charge < -0.3 is 9.73 Å². The second kappa shape index (κ2) is 5.10. The van der Waals surface area contributed by atoms with Crippen LogP contribution in [0.1, 0.15) is 19.7 Å². The summed E-state index contributed by atoms with van der Waals surface area (Å²) in [4.78, 5) is 4.14. The predicted octanol–water partition coefficient (Wildman–Crippen LogP) is 2.98. The zero-order valence-electron chi connectivity index (χ0n) is 9.90. The van der Waals surface area contributed by atoms with E-state index in [-0.39, 0.29) is 5.82 Å². The summed E-state index contributed by atoms with van der Waals surface area (Å²) >= 11 is 0. The number of nitrogens with one attached hydrogen (secondary N) is 1. The zero-order valence-corrected chi connectivity index (χ0v) is 9.90. The Morgan fingerprint density at radius 3 is 2.94 bits per heavy atom. The third kappa shape index (κ3) is 3.14. The van der Waals surface area contributed by atoms with Crippen LogP contribution in [0.25, 0.3) is 11.3 Å². The molecular weight excluding hydrogens is 219 g/mol. The zero-order chi connectivity index (χ0) is 12.3. The molecule has 2 aromatic rings. The van der Waals surface area contributed by atoms with Crippen LogP contribution in [-0.4, -0.2) is 11.0 Å². The van der Waals surface area contributed by atoms with E-state index in [0.29, 0.717) is 29.8 Å². The number of oxazole rings is 1. The molecule has 0 saturated heterocycles. The van der Waals surface area contributed by atoms with Crippen molar-refractivity contribution in [2.24, 2.45) is 0 Å². The molecule has 1 heterocycles. The molecule has 1 aromatic heterocycles. The number of nitrogens with zero attached hydrogens (tertiary/aromatic N) is 1. The van der Waals surface area contributed by atoms with Gasteiger partial charge in [0.05, 0.1) is 12.7 Å². The van der Waals surface area contributed by atoms with E-state index < -0.39 is 0 Å². The van der Waals surface area contributed by atoms with Crippen LogP contribution in [0.3, 0.4) is 0 Å². The number of aromatic nitrogens is 1. The molecule has 0 aliphatic carbocycles. The fourth-order valence-corrected chi connectivity index (χ4v) is 1.46. The van der Waals surface area contributed by atoms with Crippen LogP contribution in [0, 0.1) is 5.82 Å². The Morgan fingerprint density at radius 2 is 2.24 bits per heavy atom. The molecule has 0 saturated carbocycles. The number of halogens is 1. The Labute approximate surface area is 99.7 Å². The Morgan fingerprint density at radius 1 is 1.41 bits per heavy atom. The fraction of sp³-hybridized carbons (Fsp3) is 0.308. The summed E-state index contributed by atoms with van der Waals surface area (Å²) in [5.74, 6) is 0.920. The van der Waals surface area contributed by atoms with Gasteiger partial charge in [-0.2, -0.15) is 0 Å². The summed E-state index contributed by atoms with van der Waals surface area (Å²) in [6.07, 6.45) is 1.62. The molecule has 0 amide bonds. The lowest BCUT2D eigenvalue weighted by Gasteiger charge is -2.04. The van der Waals surface area contributed by atoms with Crippen molar-refractivity contribution in [3.8, 4) is 11.3 Å². The van der Waals surface area contributed by atoms with Crippen molar-refractivity contribution in [3.05, 3.63) is 42.2 Å². The standard InChI is InChI=1S/C13H15FN2O/c1-9(2)15-8-13-16-7-12(17-13)10-4-3-5-11(14)6-10/h3-7,9,15H,8H2,1-2H3. The third-order valence-electron chi connectivity index (χ3n) is 2.32. The third-order valence-corrected chi connectivity index (χ3v) is 2.32. The van der Waals surface area contributed by atoms with E-state index in [0.717, 1.165) is 0 Å². The molecule has 17 heavy (non-hydrogen) atoms. The van der Waals surface area contributed by atoms with Gasteiger partial charge in [-0.15, -0.1) is 0 Å². The van der Waals surface area contributed by atoms with Gasteiger partial charge in [-0.25, -0.2) is 9.37 Å². The molecule has 1 N–H and O–H groups in total. The molecule has 0 unspecified atom stereocenters. The van der Waals surface area contributed by atoms with Crippen LogP contribution in [0.5, 0.6) is 0 Å². The monoisotopic (exact) mass is 234 g/mol. The maximum absolute atomic E-state index is 13.0. The number of hydrogen-bond donors (Lipinski definition) is 1. The van der Waals surface area contributed by atoms with E-state index in [9.17, 15) is 4.39 Å². The fourth-order valence-electron chi connectivity index (χ4n) is 1.46. The van der Waals surface area contributed by atoms with Crippen LogP contribution in [-0.2, 0) is 6.54 Å². The molecule has 0 aliphatic heterocycles. The summed E-state index contributed by atoms with van der Waals surface area (Å²) in [5, 5.41) is 3.21. The van der Waals surface area contributed by atoms with Crippen LogP contribution in [0.4, 0.5) is 4.39 Å². The van der Waals surface area contributed by atoms with Gasteiger partial charge in [0.25, 0.3) is 0 Å². The summed E-state index contributed by atoms with van der Waals surface area (Å²) in [6.45, 7) is 4.68. The first-order valence-corrected chi connectivity index (χ1v) is 5.59. The van der Waals surface area contributed by atoms with Gasteiger partial charge in [-0.1, -0.05) is 26.0 Å². The Hall–Kier alpha value is -1.68. The molecule has 4 heteroatoms. The Bertz CT molecular complexity index is 494. The lowest BCUT2D eigenvalue weighted by atomic mass is 10.2. The van der Waals surface area contributed by atoms with Gasteiger partial charge in [0.1, 0.15) is 5.82 Å². The van der Waals surface area contributed by atoms with Crippen molar-refractivity contribution >= 4 is 0 Å². The average molecular weight is 234 g/mol. The quantitative estimate of drug-likeness (QED) is 0.883. The molecule has 0 bridgehead atoms.